The Morgan fingerprint density at radius 3 is 1.13 bits per heavy atom. The zero-order valence-corrected chi connectivity index (χ0v) is 52.7. The zero-order valence-electron chi connectivity index (χ0n) is 48.0. The fourth-order valence-corrected chi connectivity index (χ4v) is 18.6. The zero-order chi connectivity index (χ0) is 60.1. The van der Waals surface area contributed by atoms with Crippen LogP contribution in [0.25, 0.3) is 43.6 Å². The van der Waals surface area contributed by atoms with Crippen LogP contribution < -0.4 is 19.6 Å². The van der Waals surface area contributed by atoms with Gasteiger partial charge in [0.25, 0.3) is 0 Å². The van der Waals surface area contributed by atoms with Gasteiger partial charge in [0.2, 0.25) is 31.9 Å². The lowest BCUT2D eigenvalue weighted by Gasteiger charge is -2.52. The summed E-state index contributed by atoms with van der Waals surface area (Å²) in [6.45, 7) is 9.43. The van der Waals surface area contributed by atoms with Gasteiger partial charge in [-0.1, -0.05) is 46.4 Å². The third-order valence-electron chi connectivity index (χ3n) is 18.8. The number of hydrogen-bond donors (Lipinski definition) is 4. The van der Waals surface area contributed by atoms with E-state index in [9.17, 15) is 26.4 Å². The largest absolute Gasteiger partial charge is 0.368 e. The van der Waals surface area contributed by atoms with Gasteiger partial charge in [-0.3, -0.25) is 30.0 Å². The second-order valence-electron chi connectivity index (χ2n) is 24.2. The van der Waals surface area contributed by atoms with Crippen molar-refractivity contribution in [1.82, 2.24) is 59.2 Å². The van der Waals surface area contributed by atoms with E-state index in [4.69, 9.17) is 46.4 Å². The summed E-state index contributed by atoms with van der Waals surface area (Å²) in [7, 11) is -6.29. The van der Waals surface area contributed by atoms with Gasteiger partial charge in [-0.2, -0.15) is 29.0 Å². The summed E-state index contributed by atoms with van der Waals surface area (Å²) in [5.41, 5.74) is 8.04. The molecular formula is C58H68Cl4N16O6S2. The van der Waals surface area contributed by atoms with Crippen molar-refractivity contribution in [3.05, 3.63) is 93.4 Å². The fourth-order valence-electron chi connectivity index (χ4n) is 15.2. The first-order valence-electron chi connectivity index (χ1n) is 29.2. The molecule has 2 amide bonds. The van der Waals surface area contributed by atoms with Crippen LogP contribution in [0, 0.1) is 0 Å². The first kappa shape index (κ1) is 58.9. The van der Waals surface area contributed by atoms with E-state index in [0.29, 0.717) is 70.4 Å². The molecule has 4 N–H and O–H groups in total. The molecule has 8 aromatic rings. The number of sulfonamides is 2. The number of nitrogens with one attached hydrogen (secondary N) is 4. The van der Waals surface area contributed by atoms with Crippen LogP contribution in [-0.2, 0) is 29.6 Å². The second kappa shape index (κ2) is 23.1. The third kappa shape index (κ3) is 11.3. The van der Waals surface area contributed by atoms with E-state index in [1.807, 2.05) is 65.8 Å². The number of nitrogens with zero attached hydrogens (tertiary/aromatic N) is 12. The summed E-state index contributed by atoms with van der Waals surface area (Å²) in [6, 6.07) is 17.1. The van der Waals surface area contributed by atoms with Crippen molar-refractivity contribution in [2.45, 2.75) is 114 Å². The smallest absolute Gasteiger partial charge is 0.220 e. The quantitative estimate of drug-likeness (QED) is 0.122. The van der Waals surface area contributed by atoms with E-state index < -0.39 is 20.0 Å². The number of carbonyl (C=O) groups is 2. The SMILES string of the molecule is CC(=O)N1C2CCC1CN(c1cc(Cl)cc3[nH]ncc13)C2.CC(=O)N1CC2CCC1CN2c1cc(Cl)cc2[nH]ncc12.CS(=O)(=O)N1C2CCC1CN(c1cc(Cl)cc3[nH]ncc13)C2.CS(=O)(=O)N1CC2CCC1CN2c1cc(Cl)cc2[nH]ncc12. The highest BCUT2D eigenvalue weighted by Gasteiger charge is 2.47. The summed E-state index contributed by atoms with van der Waals surface area (Å²) in [4.78, 5) is 36.9. The molecule has 4 aromatic carbocycles. The number of amides is 2. The van der Waals surface area contributed by atoms with Crippen molar-refractivity contribution in [3.63, 3.8) is 0 Å². The van der Waals surface area contributed by atoms with E-state index >= 15 is 0 Å². The van der Waals surface area contributed by atoms with Crippen molar-refractivity contribution >= 4 is 145 Å². The van der Waals surface area contributed by atoms with Gasteiger partial charge in [0.05, 0.1) is 59.4 Å². The molecule has 8 bridgehead atoms. The molecule has 22 nitrogen and oxygen atoms in total. The van der Waals surface area contributed by atoms with Crippen LogP contribution in [0.2, 0.25) is 20.1 Å². The van der Waals surface area contributed by atoms with E-state index in [1.165, 1.54) is 12.5 Å². The summed E-state index contributed by atoms with van der Waals surface area (Å²) in [6.07, 6.45) is 18.1. The number of halogens is 4. The number of aromatic nitrogens is 8. The van der Waals surface area contributed by atoms with Gasteiger partial charge in [0, 0.05) is 179 Å². The first-order chi connectivity index (χ1) is 41.1. The van der Waals surface area contributed by atoms with Crippen LogP contribution in [0.5, 0.6) is 0 Å². The Bertz CT molecular complexity index is 4110. The minimum Gasteiger partial charge on any atom is -0.368 e. The standard InChI is InChI=1S/2C15H17ClN4O.2C14H17ClN4O2S/c1-9(21)19-7-12-3-2-11(19)8-20(12)15-5-10(16)4-14-13(15)6-17-18-14;1-9(21)20-11-2-3-12(20)8-19(7-11)15-5-10(16)4-14-13(15)6-17-18-14;1-22(20,21)19-8-10-2-3-11(19)7-18(10)14-5-9(15)4-13-12(14)6-16-17-13;1-22(20,21)19-10-2-3-11(19)8-18(7-10)14-5-9(15)4-13-12(14)6-16-17-13/h2*4-6,11-12H,2-3,7-8H2,1H3,(H,17,18);2*4-6,10-11H,2-3,7-8H2,1H3,(H,16,17). The number of anilines is 4. The van der Waals surface area contributed by atoms with Crippen molar-refractivity contribution in [2.24, 2.45) is 0 Å². The van der Waals surface area contributed by atoms with Crippen molar-refractivity contribution in [3.8, 4) is 0 Å². The van der Waals surface area contributed by atoms with Gasteiger partial charge in [-0.05, 0) is 99.9 Å². The van der Waals surface area contributed by atoms with E-state index in [1.54, 1.807) is 34.9 Å². The topological polar surface area (TPSA) is 243 Å². The molecule has 4 aromatic heterocycles. The fraction of sp³-hybridized carbons (Fsp3) is 0.483. The number of hydrogen-bond acceptors (Lipinski definition) is 14. The van der Waals surface area contributed by atoms with Crippen LogP contribution in [0.1, 0.15) is 65.2 Å². The molecule has 0 aliphatic carbocycles. The predicted octanol–water partition coefficient (Wildman–Crippen LogP) is 8.49. The van der Waals surface area contributed by atoms with E-state index in [0.717, 1.165) is 144 Å². The maximum Gasteiger partial charge on any atom is 0.220 e. The predicted molar refractivity (Wildman–Crippen MR) is 339 cm³/mol. The van der Waals surface area contributed by atoms with Gasteiger partial charge < -0.3 is 29.4 Å². The highest BCUT2D eigenvalue weighted by molar-refractivity contribution is 7.88. The number of piperidine rings is 4. The second-order valence-corrected chi connectivity index (χ2v) is 29.8. The molecule has 0 radical (unpaired) electrons. The van der Waals surface area contributed by atoms with Crippen LogP contribution >= 0.6 is 46.4 Å². The third-order valence-corrected chi connectivity index (χ3v) is 22.3. The summed E-state index contributed by atoms with van der Waals surface area (Å²) in [5.74, 6) is 0.380. The van der Waals surface area contributed by atoms with Gasteiger partial charge in [0.15, 0.2) is 0 Å². The molecule has 10 saturated heterocycles. The summed E-state index contributed by atoms with van der Waals surface area (Å²) >= 11 is 24.9. The van der Waals surface area contributed by atoms with Gasteiger partial charge >= 0.3 is 0 Å². The molecule has 456 valence electrons. The molecule has 10 fully saturated rings. The number of rotatable bonds is 6. The Morgan fingerprint density at radius 2 is 0.767 bits per heavy atom. The lowest BCUT2D eigenvalue weighted by Crippen LogP contribution is -2.63. The summed E-state index contributed by atoms with van der Waals surface area (Å²) < 4.78 is 51.1. The first-order valence-corrected chi connectivity index (χ1v) is 34.4. The Balaban J connectivity index is 0.000000106. The minimum atomic E-state index is -3.15. The van der Waals surface area contributed by atoms with Crippen molar-refractivity contribution < 1.29 is 26.4 Å². The Kier molecular flexibility index (Phi) is 15.8. The molecule has 14 heterocycles. The molecule has 8 atom stereocenters. The molecule has 8 unspecified atom stereocenters. The maximum atomic E-state index is 12.0. The molecule has 10 aliphatic rings. The van der Waals surface area contributed by atoms with Gasteiger partial charge in [-0.25, -0.2) is 16.8 Å². The average Bonchev–Trinajstić information content (AvgIpc) is 2.04. The van der Waals surface area contributed by atoms with Gasteiger partial charge in [0.1, 0.15) is 0 Å². The minimum absolute atomic E-state index is 0.0425. The number of carbonyl (C=O) groups excluding carboxylic acids is 2. The molecule has 10 aliphatic heterocycles. The lowest BCUT2D eigenvalue weighted by molar-refractivity contribution is -0.134. The number of aromatic amines is 4. The molecular weight excluding hydrogens is 1220 g/mol. The Hall–Kier alpha value is -6.12. The number of fused-ring (bicyclic) bond motifs is 14. The molecule has 0 spiro atoms. The molecule has 18 rings (SSSR count). The van der Waals surface area contributed by atoms with Crippen LogP contribution in [0.15, 0.2) is 73.3 Å². The number of piperazine rings is 4. The average molecular weight is 1290 g/mol. The van der Waals surface area contributed by atoms with Crippen LogP contribution in [-0.4, -0.2) is 201 Å². The maximum absolute atomic E-state index is 12.0. The summed E-state index contributed by atoms with van der Waals surface area (Å²) in [5, 5.41) is 35.3. The molecule has 28 heteroatoms. The monoisotopic (exact) mass is 1290 g/mol. The van der Waals surface area contributed by atoms with Crippen molar-refractivity contribution in [2.75, 3.05) is 84.5 Å². The van der Waals surface area contributed by atoms with E-state index in [2.05, 4.69) is 65.3 Å². The normalized spacial score (nSPS) is 25.4. The number of H-pyrrole nitrogens is 4. The lowest BCUT2D eigenvalue weighted by atomic mass is 9.90. The van der Waals surface area contributed by atoms with Crippen LogP contribution in [0.3, 0.4) is 0 Å². The Labute approximate surface area is 518 Å². The molecule has 86 heavy (non-hydrogen) atoms. The van der Waals surface area contributed by atoms with E-state index in [-0.39, 0.29) is 36.0 Å². The highest BCUT2D eigenvalue weighted by Crippen LogP contribution is 2.42. The van der Waals surface area contributed by atoms with Gasteiger partial charge in [-0.15, -0.1) is 0 Å². The number of benzene rings is 4. The molecule has 0 saturated carbocycles. The highest BCUT2D eigenvalue weighted by atomic mass is 35.5. The Morgan fingerprint density at radius 1 is 0.419 bits per heavy atom. The van der Waals surface area contributed by atoms with Crippen LogP contribution in [0.4, 0.5) is 22.7 Å². The van der Waals surface area contributed by atoms with Crippen molar-refractivity contribution in [1.29, 1.82) is 0 Å².